The molecule has 57 valence electrons. The van der Waals surface area contributed by atoms with Gasteiger partial charge in [-0.3, -0.25) is 4.79 Å². The number of hydrogen-bond donors (Lipinski definition) is 0. The topological polar surface area (TPSA) is 17.1 Å². The molecule has 0 saturated carbocycles. The van der Waals surface area contributed by atoms with Crippen LogP contribution in [0.4, 0.5) is 13.2 Å². The van der Waals surface area contributed by atoms with E-state index in [1.54, 1.807) is 0 Å². The van der Waals surface area contributed by atoms with E-state index in [0.29, 0.717) is 12.1 Å². The van der Waals surface area contributed by atoms with Gasteiger partial charge in [0.2, 0.25) is 6.29 Å². The minimum Gasteiger partial charge on any atom is -0.285 e. The lowest BCUT2D eigenvalue weighted by atomic mass is 10.2. The molecule has 1 nitrogen and oxygen atoms in total. The standard InChI is InChI=1S/C7H2F3O/c8-4-1-6(9)5(3-11)7(10)2-4/h1-2H. The van der Waals surface area contributed by atoms with Gasteiger partial charge in [0.05, 0.1) is 5.56 Å². The third-order valence-corrected chi connectivity index (χ3v) is 1.11. The lowest BCUT2D eigenvalue weighted by Crippen LogP contribution is -1.94. The number of benzene rings is 1. The van der Waals surface area contributed by atoms with Crippen LogP contribution in [0.15, 0.2) is 12.1 Å². The van der Waals surface area contributed by atoms with Crippen LogP contribution < -0.4 is 0 Å². The maximum absolute atomic E-state index is 12.4. The van der Waals surface area contributed by atoms with Crippen LogP contribution in [-0.2, 0) is 4.79 Å². The number of rotatable bonds is 1. The molecule has 0 unspecified atom stereocenters. The Morgan fingerprint density at radius 1 is 1.09 bits per heavy atom. The van der Waals surface area contributed by atoms with Gasteiger partial charge < -0.3 is 0 Å². The molecule has 1 aromatic rings. The summed E-state index contributed by atoms with van der Waals surface area (Å²) in [6.07, 6.45) is 1.02. The molecule has 0 aromatic heterocycles. The Balaban J connectivity index is 3.36. The molecular weight excluding hydrogens is 157 g/mol. The zero-order chi connectivity index (χ0) is 8.43. The van der Waals surface area contributed by atoms with E-state index in [-0.39, 0.29) is 0 Å². The summed E-state index contributed by atoms with van der Waals surface area (Å²) in [5, 5.41) is 0. The van der Waals surface area contributed by atoms with Gasteiger partial charge in [-0.2, -0.15) is 0 Å². The molecule has 0 atom stereocenters. The molecule has 4 heteroatoms. The minimum atomic E-state index is -1.24. The molecule has 1 radical (unpaired) electrons. The lowest BCUT2D eigenvalue weighted by molar-refractivity contribution is 0.525. The van der Waals surface area contributed by atoms with Crippen molar-refractivity contribution in [1.29, 1.82) is 0 Å². The summed E-state index contributed by atoms with van der Waals surface area (Å²) in [4.78, 5) is 9.83. The monoisotopic (exact) mass is 159 g/mol. The van der Waals surface area contributed by atoms with Gasteiger partial charge in [0.15, 0.2) is 0 Å². The van der Waals surface area contributed by atoms with E-state index in [2.05, 4.69) is 0 Å². The molecule has 0 spiro atoms. The highest BCUT2D eigenvalue weighted by Gasteiger charge is 2.10. The van der Waals surface area contributed by atoms with Crippen LogP contribution in [0.2, 0.25) is 0 Å². The van der Waals surface area contributed by atoms with E-state index in [4.69, 9.17) is 0 Å². The van der Waals surface area contributed by atoms with Gasteiger partial charge >= 0.3 is 0 Å². The van der Waals surface area contributed by atoms with Crippen molar-refractivity contribution in [3.05, 3.63) is 35.1 Å². The van der Waals surface area contributed by atoms with Crippen LogP contribution in [0.25, 0.3) is 0 Å². The van der Waals surface area contributed by atoms with Crippen molar-refractivity contribution in [2.45, 2.75) is 0 Å². The predicted molar refractivity (Wildman–Crippen MR) is 31.1 cm³/mol. The average Bonchev–Trinajstić information content (AvgIpc) is 1.85. The Bertz CT molecular complexity index is 273. The highest BCUT2D eigenvalue weighted by Crippen LogP contribution is 2.11. The second-order valence-corrected chi connectivity index (χ2v) is 1.85. The summed E-state index contributed by atoms with van der Waals surface area (Å²) in [6.45, 7) is 0. The van der Waals surface area contributed by atoms with Crippen molar-refractivity contribution in [1.82, 2.24) is 0 Å². The molecule has 0 aliphatic rings. The minimum absolute atomic E-state index is 0.420. The van der Waals surface area contributed by atoms with Crippen LogP contribution in [0, 0.1) is 17.5 Å². The molecule has 0 aliphatic carbocycles. The molecule has 0 saturated heterocycles. The first-order chi connectivity index (χ1) is 5.15. The molecule has 0 fully saturated rings. The zero-order valence-electron chi connectivity index (χ0n) is 5.20. The van der Waals surface area contributed by atoms with Crippen LogP contribution >= 0.6 is 0 Å². The van der Waals surface area contributed by atoms with Crippen LogP contribution in [0.3, 0.4) is 0 Å². The van der Waals surface area contributed by atoms with Gasteiger partial charge in [0, 0.05) is 12.1 Å². The maximum atomic E-state index is 12.4. The highest BCUT2D eigenvalue weighted by atomic mass is 19.1. The van der Waals surface area contributed by atoms with Crippen molar-refractivity contribution in [3.8, 4) is 0 Å². The number of hydrogen-bond acceptors (Lipinski definition) is 1. The number of halogens is 3. The van der Waals surface area contributed by atoms with Gasteiger partial charge in [-0.05, 0) is 0 Å². The Labute approximate surface area is 60.5 Å². The average molecular weight is 159 g/mol. The molecule has 0 heterocycles. The van der Waals surface area contributed by atoms with Crippen molar-refractivity contribution in [3.63, 3.8) is 0 Å². The Hall–Kier alpha value is -1.32. The zero-order valence-corrected chi connectivity index (χ0v) is 5.20. The van der Waals surface area contributed by atoms with Gasteiger partial charge in [-0.15, -0.1) is 0 Å². The second kappa shape index (κ2) is 2.74. The predicted octanol–water partition coefficient (Wildman–Crippen LogP) is 1.56. The fourth-order valence-corrected chi connectivity index (χ4v) is 0.640. The van der Waals surface area contributed by atoms with Gasteiger partial charge in [-0.25, -0.2) is 13.2 Å². The quantitative estimate of drug-likeness (QED) is 0.607. The van der Waals surface area contributed by atoms with Gasteiger partial charge in [0.25, 0.3) is 0 Å². The van der Waals surface area contributed by atoms with Crippen molar-refractivity contribution < 1.29 is 18.0 Å². The molecule has 0 amide bonds. The van der Waals surface area contributed by atoms with Gasteiger partial charge in [-0.1, -0.05) is 0 Å². The Morgan fingerprint density at radius 2 is 1.55 bits per heavy atom. The van der Waals surface area contributed by atoms with Crippen molar-refractivity contribution in [2.24, 2.45) is 0 Å². The van der Waals surface area contributed by atoms with E-state index >= 15 is 0 Å². The fraction of sp³-hybridized carbons (Fsp3) is 0. The third-order valence-electron chi connectivity index (χ3n) is 1.11. The van der Waals surface area contributed by atoms with E-state index in [0.717, 1.165) is 6.29 Å². The lowest BCUT2D eigenvalue weighted by Gasteiger charge is -1.94. The summed E-state index contributed by atoms with van der Waals surface area (Å²) in [5.74, 6) is -3.53. The smallest absolute Gasteiger partial charge is 0.239 e. The van der Waals surface area contributed by atoms with Gasteiger partial charge in [0.1, 0.15) is 17.5 Å². The summed E-state index contributed by atoms with van der Waals surface area (Å²) < 4.78 is 36.9. The summed E-state index contributed by atoms with van der Waals surface area (Å²) >= 11 is 0. The summed E-state index contributed by atoms with van der Waals surface area (Å²) in [7, 11) is 0. The Kier molecular flexibility index (Phi) is 1.94. The molecule has 1 rings (SSSR count). The summed E-state index contributed by atoms with van der Waals surface area (Å²) in [5.41, 5.74) is -0.869. The first-order valence-electron chi connectivity index (χ1n) is 2.68. The molecule has 1 aromatic carbocycles. The fourth-order valence-electron chi connectivity index (χ4n) is 0.640. The second-order valence-electron chi connectivity index (χ2n) is 1.85. The van der Waals surface area contributed by atoms with Crippen LogP contribution in [0.5, 0.6) is 0 Å². The normalized spacial score (nSPS) is 9.73. The van der Waals surface area contributed by atoms with Crippen LogP contribution in [-0.4, -0.2) is 6.29 Å². The molecule has 0 aliphatic heterocycles. The van der Waals surface area contributed by atoms with E-state index < -0.39 is 23.0 Å². The van der Waals surface area contributed by atoms with E-state index in [1.165, 1.54) is 0 Å². The summed E-state index contributed by atoms with van der Waals surface area (Å²) in [6, 6.07) is 0.840. The maximum Gasteiger partial charge on any atom is 0.239 e. The molecular formula is C7H2F3O. The third kappa shape index (κ3) is 1.39. The first-order valence-corrected chi connectivity index (χ1v) is 2.68. The van der Waals surface area contributed by atoms with Crippen molar-refractivity contribution in [2.75, 3.05) is 0 Å². The highest BCUT2D eigenvalue weighted by molar-refractivity contribution is 5.75. The number of carbonyl (C=O) groups excluding carboxylic acids is 1. The van der Waals surface area contributed by atoms with Crippen molar-refractivity contribution >= 4 is 6.29 Å². The van der Waals surface area contributed by atoms with E-state index in [9.17, 15) is 18.0 Å². The molecule has 11 heavy (non-hydrogen) atoms. The Morgan fingerprint density at radius 3 is 1.91 bits per heavy atom. The van der Waals surface area contributed by atoms with Crippen LogP contribution in [0.1, 0.15) is 5.56 Å². The first kappa shape index (κ1) is 7.78. The largest absolute Gasteiger partial charge is 0.285 e. The molecule has 0 bridgehead atoms. The molecule has 0 N–H and O–H groups in total. The SMILES string of the molecule is O=[C]c1c(F)cc(F)cc1F. The van der Waals surface area contributed by atoms with E-state index in [1.807, 2.05) is 0 Å².